The van der Waals surface area contributed by atoms with Gasteiger partial charge in [-0.3, -0.25) is 4.79 Å². The lowest BCUT2D eigenvalue weighted by Gasteiger charge is -2.10. The van der Waals surface area contributed by atoms with Crippen LogP contribution in [0.5, 0.6) is 0 Å². The van der Waals surface area contributed by atoms with Crippen molar-refractivity contribution in [3.05, 3.63) is 41.7 Å². The Labute approximate surface area is 122 Å². The zero-order chi connectivity index (χ0) is 16.0. The average Bonchev–Trinajstić information content (AvgIpc) is 2.41. The number of aliphatic carboxylic acids is 1. The SMILES string of the molecule is CO/C=C(/C(=O)O)c1ccccc1CSC(=O)C(F)(F)F. The molecule has 0 spiro atoms. The number of benzene rings is 1. The Morgan fingerprint density at radius 3 is 2.48 bits per heavy atom. The molecule has 0 heterocycles. The van der Waals surface area contributed by atoms with Gasteiger partial charge in [0.15, 0.2) is 0 Å². The van der Waals surface area contributed by atoms with E-state index in [1.165, 1.54) is 19.2 Å². The molecule has 0 radical (unpaired) electrons. The fourth-order valence-electron chi connectivity index (χ4n) is 1.48. The molecule has 1 aromatic carbocycles. The first-order valence-electron chi connectivity index (χ1n) is 5.56. The van der Waals surface area contributed by atoms with Crippen molar-refractivity contribution in [2.45, 2.75) is 11.9 Å². The molecule has 0 bridgehead atoms. The van der Waals surface area contributed by atoms with Crippen molar-refractivity contribution in [1.29, 1.82) is 0 Å². The Balaban J connectivity index is 3.02. The third kappa shape index (κ3) is 4.82. The van der Waals surface area contributed by atoms with Crippen LogP contribution < -0.4 is 0 Å². The van der Waals surface area contributed by atoms with E-state index in [4.69, 9.17) is 5.11 Å². The maximum Gasteiger partial charge on any atom is 0.460 e. The van der Waals surface area contributed by atoms with Crippen molar-refractivity contribution in [3.63, 3.8) is 0 Å². The highest BCUT2D eigenvalue weighted by molar-refractivity contribution is 8.13. The molecule has 0 atom stereocenters. The fraction of sp³-hybridized carbons (Fsp3) is 0.231. The van der Waals surface area contributed by atoms with Crippen molar-refractivity contribution >= 4 is 28.4 Å². The van der Waals surface area contributed by atoms with Gasteiger partial charge in [-0.05, 0) is 11.1 Å². The molecule has 1 rings (SSSR count). The van der Waals surface area contributed by atoms with Crippen LogP contribution >= 0.6 is 11.8 Å². The van der Waals surface area contributed by atoms with Crippen molar-refractivity contribution in [1.82, 2.24) is 0 Å². The summed E-state index contributed by atoms with van der Waals surface area (Å²) in [6, 6.07) is 5.98. The predicted molar refractivity (Wildman–Crippen MR) is 71.4 cm³/mol. The highest BCUT2D eigenvalue weighted by Crippen LogP contribution is 2.29. The summed E-state index contributed by atoms with van der Waals surface area (Å²) in [7, 11) is 1.26. The molecule has 0 fully saturated rings. The fourth-order valence-corrected chi connectivity index (χ4v) is 2.18. The summed E-state index contributed by atoms with van der Waals surface area (Å²) in [5, 5.41) is 7.16. The number of hydrogen-bond donors (Lipinski definition) is 1. The van der Waals surface area contributed by atoms with Crippen molar-refractivity contribution in [2.75, 3.05) is 7.11 Å². The number of carbonyl (C=O) groups excluding carboxylic acids is 1. The van der Waals surface area contributed by atoms with Gasteiger partial charge < -0.3 is 9.84 Å². The van der Waals surface area contributed by atoms with Crippen molar-refractivity contribution in [3.8, 4) is 0 Å². The Bertz CT molecular complexity index is 567. The van der Waals surface area contributed by atoms with Gasteiger partial charge in [0.1, 0.15) is 5.57 Å². The third-order valence-corrected chi connectivity index (χ3v) is 3.31. The van der Waals surface area contributed by atoms with E-state index in [0.29, 0.717) is 5.56 Å². The molecule has 0 aliphatic heterocycles. The Morgan fingerprint density at radius 2 is 1.95 bits per heavy atom. The lowest BCUT2D eigenvalue weighted by molar-refractivity contribution is -0.160. The van der Waals surface area contributed by atoms with Gasteiger partial charge in [0.25, 0.3) is 5.12 Å². The zero-order valence-electron chi connectivity index (χ0n) is 10.8. The minimum Gasteiger partial charge on any atom is -0.503 e. The highest BCUT2D eigenvalue weighted by Gasteiger charge is 2.38. The molecule has 1 aromatic rings. The van der Waals surface area contributed by atoms with Crippen LogP contribution in [0.15, 0.2) is 30.5 Å². The molecule has 0 unspecified atom stereocenters. The van der Waals surface area contributed by atoms with Gasteiger partial charge >= 0.3 is 12.1 Å². The number of carboxylic acid groups (broad SMARTS) is 1. The number of ether oxygens (including phenoxy) is 1. The lowest BCUT2D eigenvalue weighted by Crippen LogP contribution is -2.19. The highest BCUT2D eigenvalue weighted by atomic mass is 32.2. The third-order valence-electron chi connectivity index (χ3n) is 2.36. The van der Waals surface area contributed by atoms with Crippen LogP contribution in [0.2, 0.25) is 0 Å². The summed E-state index contributed by atoms with van der Waals surface area (Å²) in [6.07, 6.45) is -3.94. The molecular weight excluding hydrogens is 309 g/mol. The number of carbonyl (C=O) groups is 2. The quantitative estimate of drug-likeness (QED) is 0.667. The molecule has 0 aliphatic rings. The number of hydrogen-bond acceptors (Lipinski definition) is 4. The standard InChI is InChI=1S/C13H11F3O4S/c1-20-6-10(11(17)18)9-5-3-2-4-8(9)7-21-12(19)13(14,15)16/h2-6H,7H2,1H3,(H,17,18)/b10-6+. The number of alkyl halides is 3. The van der Waals surface area contributed by atoms with E-state index in [0.717, 1.165) is 6.26 Å². The average molecular weight is 320 g/mol. The van der Waals surface area contributed by atoms with Crippen LogP contribution in [0, 0.1) is 0 Å². The normalized spacial score (nSPS) is 12.1. The first kappa shape index (κ1) is 17.1. The van der Waals surface area contributed by atoms with E-state index in [1.807, 2.05) is 0 Å². The molecule has 0 aliphatic carbocycles. The number of methoxy groups -OCH3 is 1. The van der Waals surface area contributed by atoms with E-state index >= 15 is 0 Å². The van der Waals surface area contributed by atoms with Crippen LogP contribution in [0.3, 0.4) is 0 Å². The summed E-state index contributed by atoms with van der Waals surface area (Å²) in [4.78, 5) is 22.0. The van der Waals surface area contributed by atoms with Crippen molar-refractivity contribution < 1.29 is 32.6 Å². The summed E-state index contributed by atoms with van der Waals surface area (Å²) in [5.41, 5.74) is 0.299. The Morgan fingerprint density at radius 1 is 1.33 bits per heavy atom. The number of thioether (sulfide) groups is 1. The van der Waals surface area contributed by atoms with E-state index in [2.05, 4.69) is 4.74 Å². The maximum absolute atomic E-state index is 12.2. The van der Waals surface area contributed by atoms with Crippen LogP contribution in [-0.2, 0) is 20.1 Å². The second-order valence-corrected chi connectivity index (χ2v) is 4.75. The maximum atomic E-state index is 12.2. The van der Waals surface area contributed by atoms with E-state index in [9.17, 15) is 22.8 Å². The molecule has 1 N–H and O–H groups in total. The second kappa shape index (κ2) is 7.16. The van der Waals surface area contributed by atoms with Gasteiger partial charge in [0.05, 0.1) is 13.4 Å². The van der Waals surface area contributed by atoms with E-state index in [-0.39, 0.29) is 28.7 Å². The molecule has 8 heteroatoms. The zero-order valence-corrected chi connectivity index (χ0v) is 11.6. The van der Waals surface area contributed by atoms with Gasteiger partial charge in [0, 0.05) is 5.75 Å². The first-order valence-corrected chi connectivity index (χ1v) is 6.54. The summed E-state index contributed by atoms with van der Waals surface area (Å²) in [6.45, 7) is 0. The van der Waals surface area contributed by atoms with Crippen LogP contribution in [0.4, 0.5) is 13.2 Å². The summed E-state index contributed by atoms with van der Waals surface area (Å²) >= 11 is 0.0730. The molecular formula is C13H11F3O4S. The molecule has 0 saturated carbocycles. The van der Waals surface area contributed by atoms with Crippen LogP contribution in [0.1, 0.15) is 11.1 Å². The Hall–Kier alpha value is -1.96. The number of carboxylic acids is 1. The van der Waals surface area contributed by atoms with Gasteiger partial charge in [-0.25, -0.2) is 4.79 Å². The molecule has 0 amide bonds. The number of rotatable bonds is 5. The molecule has 21 heavy (non-hydrogen) atoms. The molecule has 114 valence electrons. The van der Waals surface area contributed by atoms with Crippen LogP contribution in [0.25, 0.3) is 5.57 Å². The molecule has 0 aromatic heterocycles. The van der Waals surface area contributed by atoms with Gasteiger partial charge in [-0.2, -0.15) is 13.2 Å². The Kier molecular flexibility index (Phi) is 5.83. The largest absolute Gasteiger partial charge is 0.503 e. The van der Waals surface area contributed by atoms with E-state index < -0.39 is 17.3 Å². The van der Waals surface area contributed by atoms with Crippen LogP contribution in [-0.4, -0.2) is 29.5 Å². The van der Waals surface area contributed by atoms with Gasteiger partial charge in [-0.1, -0.05) is 36.0 Å². The minimum atomic E-state index is -4.92. The first-order chi connectivity index (χ1) is 9.77. The van der Waals surface area contributed by atoms with Gasteiger partial charge in [-0.15, -0.1) is 0 Å². The second-order valence-electron chi connectivity index (χ2n) is 3.80. The summed E-state index contributed by atoms with van der Waals surface area (Å²) in [5.74, 6) is -1.57. The monoisotopic (exact) mass is 320 g/mol. The number of halogens is 3. The smallest absolute Gasteiger partial charge is 0.460 e. The molecule has 0 saturated heterocycles. The molecule has 4 nitrogen and oxygen atoms in total. The van der Waals surface area contributed by atoms with E-state index in [1.54, 1.807) is 12.1 Å². The predicted octanol–water partition coefficient (Wildman–Crippen LogP) is 3.08. The summed E-state index contributed by atoms with van der Waals surface area (Å²) < 4.78 is 41.2. The minimum absolute atomic E-state index is 0.0730. The topological polar surface area (TPSA) is 63.6 Å². The van der Waals surface area contributed by atoms with Gasteiger partial charge in [0.2, 0.25) is 0 Å². The lowest BCUT2D eigenvalue weighted by atomic mass is 10.0. The van der Waals surface area contributed by atoms with Crippen molar-refractivity contribution in [2.24, 2.45) is 0 Å².